The molecule has 42 heavy (non-hydrogen) atoms. The first-order chi connectivity index (χ1) is 20.5. The average molecular weight is 596 g/mol. The van der Waals surface area contributed by atoms with Crippen molar-refractivity contribution in [2.24, 2.45) is 0 Å². The fourth-order valence-electron chi connectivity index (χ4n) is 5.09. The van der Waals surface area contributed by atoms with E-state index in [0.29, 0.717) is 66.6 Å². The van der Waals surface area contributed by atoms with E-state index in [1.807, 2.05) is 30.0 Å². The van der Waals surface area contributed by atoms with E-state index in [1.54, 1.807) is 19.2 Å². The van der Waals surface area contributed by atoms with Crippen LogP contribution in [0.15, 0.2) is 52.4 Å². The van der Waals surface area contributed by atoms with Crippen LogP contribution >= 0.6 is 11.8 Å². The van der Waals surface area contributed by atoms with Gasteiger partial charge < -0.3 is 29.3 Å². The van der Waals surface area contributed by atoms with Crippen LogP contribution in [0, 0.1) is 0 Å². The van der Waals surface area contributed by atoms with Gasteiger partial charge in [-0.3, -0.25) is 19.0 Å². The highest BCUT2D eigenvalue weighted by atomic mass is 32.2. The third-order valence-electron chi connectivity index (χ3n) is 7.45. The summed E-state index contributed by atoms with van der Waals surface area (Å²) in [6, 6.07) is 13.5. The van der Waals surface area contributed by atoms with E-state index in [2.05, 4.69) is 22.3 Å². The summed E-state index contributed by atoms with van der Waals surface area (Å²) in [4.78, 5) is 48.9. The summed E-state index contributed by atoms with van der Waals surface area (Å²) in [6.45, 7) is 5.94. The standard InChI is InChI=1S/C30H37N5O6S/c1-3-26(28(37)31-11-7-17-39-2)42-30-32-23-19-25-24(40-20-41-25)18-22(23)29(38)35(30)12-10-27(36)34-15-13-33(14-16-34)21-8-5-4-6-9-21/h4-6,8-9,18-19,26H,3,7,10-17,20H2,1-2H3,(H,31,37). The van der Waals surface area contributed by atoms with E-state index < -0.39 is 5.25 Å². The van der Waals surface area contributed by atoms with Gasteiger partial charge in [0, 0.05) is 71.2 Å². The Labute approximate surface area is 249 Å². The van der Waals surface area contributed by atoms with Crippen LogP contribution in [0.4, 0.5) is 5.69 Å². The van der Waals surface area contributed by atoms with Crippen LogP contribution in [-0.2, 0) is 20.9 Å². The maximum Gasteiger partial charge on any atom is 0.262 e. The lowest BCUT2D eigenvalue weighted by molar-refractivity contribution is -0.131. The first-order valence-electron chi connectivity index (χ1n) is 14.3. The van der Waals surface area contributed by atoms with Crippen molar-refractivity contribution < 1.29 is 23.8 Å². The highest BCUT2D eigenvalue weighted by Gasteiger charge is 2.25. The van der Waals surface area contributed by atoms with Crippen molar-refractivity contribution in [3.05, 3.63) is 52.8 Å². The van der Waals surface area contributed by atoms with Crippen LogP contribution in [0.2, 0.25) is 0 Å². The Bertz CT molecular complexity index is 1460. The predicted molar refractivity (Wildman–Crippen MR) is 161 cm³/mol. The van der Waals surface area contributed by atoms with Crippen molar-refractivity contribution >= 4 is 40.2 Å². The van der Waals surface area contributed by atoms with Crippen LogP contribution in [-0.4, -0.2) is 84.7 Å². The maximum atomic E-state index is 13.8. The van der Waals surface area contributed by atoms with Crippen LogP contribution in [0.3, 0.4) is 0 Å². The molecule has 3 aromatic rings. The maximum absolute atomic E-state index is 13.8. The molecular weight excluding hydrogens is 558 g/mol. The zero-order chi connectivity index (χ0) is 29.5. The molecule has 0 radical (unpaired) electrons. The summed E-state index contributed by atoms with van der Waals surface area (Å²) >= 11 is 1.24. The second kappa shape index (κ2) is 13.9. The molecule has 1 aromatic heterocycles. The van der Waals surface area contributed by atoms with Gasteiger partial charge in [-0.1, -0.05) is 36.9 Å². The number of para-hydroxylation sites is 1. The van der Waals surface area contributed by atoms with Gasteiger partial charge in [0.15, 0.2) is 16.7 Å². The summed E-state index contributed by atoms with van der Waals surface area (Å²) in [5.41, 5.74) is 1.33. The van der Waals surface area contributed by atoms with Crippen molar-refractivity contribution in [1.29, 1.82) is 0 Å². The molecule has 11 nitrogen and oxygen atoms in total. The largest absolute Gasteiger partial charge is 0.454 e. The van der Waals surface area contributed by atoms with Gasteiger partial charge in [0.05, 0.1) is 16.2 Å². The van der Waals surface area contributed by atoms with Crippen molar-refractivity contribution in [2.75, 3.05) is 58.1 Å². The number of ether oxygens (including phenoxy) is 3. The molecule has 1 atom stereocenters. The molecule has 1 saturated heterocycles. The molecule has 2 aliphatic heterocycles. The topological polar surface area (TPSA) is 115 Å². The number of aromatic nitrogens is 2. The van der Waals surface area contributed by atoms with Gasteiger partial charge in [-0.05, 0) is 31.0 Å². The number of nitrogens with zero attached hydrogens (tertiary/aromatic N) is 4. The molecule has 12 heteroatoms. The smallest absolute Gasteiger partial charge is 0.262 e. The Balaban J connectivity index is 1.33. The number of carbonyl (C=O) groups excluding carboxylic acids is 2. The monoisotopic (exact) mass is 595 g/mol. The number of piperazine rings is 1. The lowest BCUT2D eigenvalue weighted by Gasteiger charge is -2.36. The molecule has 3 heterocycles. The van der Waals surface area contributed by atoms with Gasteiger partial charge in [-0.2, -0.15) is 0 Å². The van der Waals surface area contributed by atoms with Crippen molar-refractivity contribution in [2.45, 2.75) is 43.1 Å². The van der Waals surface area contributed by atoms with E-state index in [0.717, 1.165) is 18.8 Å². The summed E-state index contributed by atoms with van der Waals surface area (Å²) < 4.78 is 17.6. The lowest BCUT2D eigenvalue weighted by Crippen LogP contribution is -2.49. The first-order valence-corrected chi connectivity index (χ1v) is 15.2. The van der Waals surface area contributed by atoms with E-state index in [4.69, 9.17) is 19.2 Å². The number of amides is 2. The van der Waals surface area contributed by atoms with Crippen molar-refractivity contribution in [3.63, 3.8) is 0 Å². The van der Waals surface area contributed by atoms with Crippen LogP contribution < -0.4 is 25.2 Å². The molecule has 0 bridgehead atoms. The van der Waals surface area contributed by atoms with Gasteiger partial charge in [0.25, 0.3) is 5.56 Å². The number of hydrogen-bond acceptors (Lipinski definition) is 9. The van der Waals surface area contributed by atoms with Crippen molar-refractivity contribution in [1.82, 2.24) is 19.8 Å². The Morgan fingerprint density at radius 1 is 1.10 bits per heavy atom. The van der Waals surface area contributed by atoms with E-state index in [9.17, 15) is 14.4 Å². The predicted octanol–water partition coefficient (Wildman–Crippen LogP) is 2.89. The third kappa shape index (κ3) is 6.81. The summed E-state index contributed by atoms with van der Waals surface area (Å²) in [6.07, 6.45) is 1.40. The van der Waals surface area contributed by atoms with Gasteiger partial charge in [0.2, 0.25) is 18.6 Å². The number of fused-ring (bicyclic) bond motifs is 2. The molecule has 1 N–H and O–H groups in total. The lowest BCUT2D eigenvalue weighted by atomic mass is 10.2. The second-order valence-corrected chi connectivity index (χ2v) is 11.3. The number of benzene rings is 2. The molecular formula is C30H37N5O6S. The normalized spacial score (nSPS) is 15.2. The Kier molecular flexibility index (Phi) is 9.85. The van der Waals surface area contributed by atoms with Crippen molar-refractivity contribution in [3.8, 4) is 11.5 Å². The molecule has 1 unspecified atom stereocenters. The van der Waals surface area contributed by atoms with Gasteiger partial charge in [0.1, 0.15) is 0 Å². The molecule has 224 valence electrons. The highest BCUT2D eigenvalue weighted by molar-refractivity contribution is 8.00. The fourth-order valence-corrected chi connectivity index (χ4v) is 6.15. The fraction of sp³-hybridized carbons (Fsp3) is 0.467. The average Bonchev–Trinajstić information content (AvgIpc) is 3.48. The first kappa shape index (κ1) is 29.7. The number of hydrogen-bond donors (Lipinski definition) is 1. The van der Waals surface area contributed by atoms with E-state index in [1.165, 1.54) is 16.3 Å². The van der Waals surface area contributed by atoms with Crippen LogP contribution in [0.5, 0.6) is 11.5 Å². The van der Waals surface area contributed by atoms with Gasteiger partial charge in [-0.25, -0.2) is 4.98 Å². The third-order valence-corrected chi connectivity index (χ3v) is 8.81. The highest BCUT2D eigenvalue weighted by Crippen LogP contribution is 2.35. The summed E-state index contributed by atoms with van der Waals surface area (Å²) in [5.74, 6) is 0.871. The zero-order valence-corrected chi connectivity index (χ0v) is 24.9. The molecule has 0 saturated carbocycles. The molecule has 2 aliphatic rings. The zero-order valence-electron chi connectivity index (χ0n) is 24.0. The number of anilines is 1. The molecule has 1 fully saturated rings. The summed E-state index contributed by atoms with van der Waals surface area (Å²) in [7, 11) is 1.62. The molecule has 0 spiro atoms. The molecule has 2 amide bonds. The number of thioether (sulfide) groups is 1. The van der Waals surface area contributed by atoms with Gasteiger partial charge >= 0.3 is 0 Å². The van der Waals surface area contributed by atoms with E-state index in [-0.39, 0.29) is 37.1 Å². The number of rotatable bonds is 12. The molecule has 0 aliphatic carbocycles. The Morgan fingerprint density at radius 3 is 2.55 bits per heavy atom. The quantitative estimate of drug-likeness (QED) is 0.192. The minimum Gasteiger partial charge on any atom is -0.454 e. The molecule has 2 aromatic carbocycles. The minimum absolute atomic E-state index is 0.0146. The number of carbonyl (C=O) groups is 2. The van der Waals surface area contributed by atoms with E-state index >= 15 is 0 Å². The molecule has 5 rings (SSSR count). The Hall–Kier alpha value is -3.77. The Morgan fingerprint density at radius 2 is 1.83 bits per heavy atom. The second-order valence-electron chi connectivity index (χ2n) is 10.2. The van der Waals surface area contributed by atoms with Crippen LogP contribution in [0.1, 0.15) is 26.2 Å². The van der Waals surface area contributed by atoms with Crippen LogP contribution in [0.25, 0.3) is 10.9 Å². The summed E-state index contributed by atoms with van der Waals surface area (Å²) in [5, 5.41) is 3.26. The number of methoxy groups -OCH3 is 1. The minimum atomic E-state index is -0.459. The number of nitrogens with one attached hydrogen (secondary N) is 1. The SMILES string of the molecule is CCC(Sc1nc2cc3c(cc2c(=O)n1CCC(=O)N1CCN(c2ccccc2)CC1)OCO3)C(=O)NCCCOC. The van der Waals surface area contributed by atoms with Gasteiger partial charge in [-0.15, -0.1) is 0 Å².